The van der Waals surface area contributed by atoms with Crippen molar-refractivity contribution in [2.45, 2.75) is 18.0 Å². The molecule has 0 aliphatic carbocycles. The Morgan fingerprint density at radius 2 is 1.90 bits per heavy atom. The highest BCUT2D eigenvalue weighted by atomic mass is 35.7. The molecule has 0 unspecified atom stereocenters. The summed E-state index contributed by atoms with van der Waals surface area (Å²) in [4.78, 5) is -0.973. The molecule has 0 radical (unpaired) electrons. The Morgan fingerprint density at radius 1 is 1.25 bits per heavy atom. The predicted octanol–water partition coefficient (Wildman–Crippen LogP) is 3.13. The largest absolute Gasteiger partial charge is 0.417 e. The highest BCUT2D eigenvalue weighted by Gasteiger charge is 2.37. The zero-order chi connectivity index (χ0) is 15.1. The van der Waals surface area contributed by atoms with E-state index in [0.29, 0.717) is 11.8 Å². The topological polar surface area (TPSA) is 52.0 Å². The summed E-state index contributed by atoms with van der Waals surface area (Å²) in [6.07, 6.45) is -3.37. The Labute approximate surface area is 117 Å². The van der Waals surface area contributed by atoms with Gasteiger partial charge >= 0.3 is 6.18 Å². The Morgan fingerprint density at radius 3 is 2.35 bits per heavy atom. The molecule has 0 aliphatic heterocycles. The van der Waals surface area contributed by atoms with Crippen LogP contribution in [0.5, 0.6) is 0 Å². The van der Waals surface area contributed by atoms with Gasteiger partial charge in [0.15, 0.2) is 0 Å². The quantitative estimate of drug-likeness (QED) is 0.797. The van der Waals surface area contributed by atoms with Gasteiger partial charge in [-0.1, -0.05) is 0 Å². The number of aromatic nitrogens is 2. The second-order valence-electron chi connectivity index (χ2n) is 4.02. The van der Waals surface area contributed by atoms with Gasteiger partial charge in [-0.15, -0.1) is 0 Å². The van der Waals surface area contributed by atoms with E-state index in [4.69, 9.17) is 10.7 Å². The van der Waals surface area contributed by atoms with E-state index >= 15 is 0 Å². The van der Waals surface area contributed by atoms with Crippen LogP contribution in [0.15, 0.2) is 35.4 Å². The zero-order valence-corrected chi connectivity index (χ0v) is 11.6. The van der Waals surface area contributed by atoms with Crippen LogP contribution in [0.1, 0.15) is 11.3 Å². The van der Waals surface area contributed by atoms with Gasteiger partial charge in [-0.2, -0.15) is 18.3 Å². The Bertz CT molecular complexity index is 753. The van der Waals surface area contributed by atoms with Crippen molar-refractivity contribution in [3.05, 3.63) is 41.7 Å². The fraction of sp³-hybridized carbons (Fsp3) is 0.182. The van der Waals surface area contributed by atoms with Gasteiger partial charge in [0, 0.05) is 16.9 Å². The summed E-state index contributed by atoms with van der Waals surface area (Å²) in [6, 6.07) is 4.33. The molecule has 0 N–H and O–H groups in total. The van der Waals surface area contributed by atoms with Gasteiger partial charge in [0.05, 0.1) is 21.8 Å². The van der Waals surface area contributed by atoms with E-state index in [2.05, 4.69) is 5.10 Å². The third-order valence-electron chi connectivity index (χ3n) is 2.52. The minimum Gasteiger partial charge on any atom is -0.241 e. The molecule has 0 aliphatic rings. The van der Waals surface area contributed by atoms with Crippen molar-refractivity contribution in [2.24, 2.45) is 0 Å². The van der Waals surface area contributed by atoms with Gasteiger partial charge in [0.2, 0.25) is 0 Å². The first-order chi connectivity index (χ1) is 9.09. The minimum atomic E-state index is -4.84. The second-order valence-corrected chi connectivity index (χ2v) is 6.55. The van der Waals surface area contributed by atoms with Crippen LogP contribution in [0.2, 0.25) is 0 Å². The predicted molar refractivity (Wildman–Crippen MR) is 66.3 cm³/mol. The van der Waals surface area contributed by atoms with Crippen molar-refractivity contribution in [3.8, 4) is 5.69 Å². The van der Waals surface area contributed by atoms with Gasteiger partial charge in [0.1, 0.15) is 0 Å². The number of aryl methyl sites for hydroxylation is 1. The normalized spacial score (nSPS) is 12.7. The molecular formula is C11H8ClF3N2O2S. The number of hydrogen-bond acceptors (Lipinski definition) is 3. The van der Waals surface area contributed by atoms with Crippen molar-refractivity contribution in [1.82, 2.24) is 9.78 Å². The SMILES string of the molecule is Cc1ccn(-c2ccc(S(=O)(=O)Cl)c(C(F)(F)F)c2)n1. The van der Waals surface area contributed by atoms with Crippen LogP contribution >= 0.6 is 10.7 Å². The Balaban J connectivity index is 2.67. The lowest BCUT2D eigenvalue weighted by Gasteiger charge is -2.12. The van der Waals surface area contributed by atoms with Crippen LogP contribution in [0, 0.1) is 6.92 Å². The van der Waals surface area contributed by atoms with Gasteiger partial charge < -0.3 is 0 Å². The maximum atomic E-state index is 12.9. The molecule has 20 heavy (non-hydrogen) atoms. The van der Waals surface area contributed by atoms with E-state index in [9.17, 15) is 21.6 Å². The smallest absolute Gasteiger partial charge is 0.241 e. The van der Waals surface area contributed by atoms with Crippen LogP contribution in [-0.2, 0) is 15.2 Å². The lowest BCUT2D eigenvalue weighted by atomic mass is 10.2. The maximum Gasteiger partial charge on any atom is 0.417 e. The van der Waals surface area contributed by atoms with E-state index in [-0.39, 0.29) is 5.69 Å². The van der Waals surface area contributed by atoms with Gasteiger partial charge in [-0.3, -0.25) is 0 Å². The molecule has 0 amide bonds. The number of halogens is 4. The standard InChI is InChI=1S/C11H8ClF3N2O2S/c1-7-4-5-17(16-7)8-2-3-10(20(12,18)19)9(6-8)11(13,14)15/h2-6H,1H3. The van der Waals surface area contributed by atoms with Crippen molar-refractivity contribution in [1.29, 1.82) is 0 Å². The summed E-state index contributed by atoms with van der Waals surface area (Å²) < 4.78 is 62.4. The van der Waals surface area contributed by atoms with Crippen molar-refractivity contribution in [3.63, 3.8) is 0 Å². The van der Waals surface area contributed by atoms with Crippen LogP contribution in [0.3, 0.4) is 0 Å². The maximum absolute atomic E-state index is 12.9. The van der Waals surface area contributed by atoms with Crippen LogP contribution in [0.4, 0.5) is 13.2 Å². The molecule has 4 nitrogen and oxygen atoms in total. The minimum absolute atomic E-state index is 0.0921. The molecule has 2 aromatic rings. The van der Waals surface area contributed by atoms with E-state index in [0.717, 1.165) is 6.07 Å². The van der Waals surface area contributed by atoms with Crippen molar-refractivity contribution >= 4 is 19.7 Å². The molecule has 0 fully saturated rings. The highest BCUT2D eigenvalue weighted by Crippen LogP contribution is 2.36. The summed E-state index contributed by atoms with van der Waals surface area (Å²) in [5.74, 6) is 0. The average molecular weight is 325 g/mol. The Kier molecular flexibility index (Phi) is 3.55. The molecule has 9 heteroatoms. The van der Waals surface area contributed by atoms with Crippen molar-refractivity contribution in [2.75, 3.05) is 0 Å². The number of nitrogens with zero attached hydrogens (tertiary/aromatic N) is 2. The summed E-state index contributed by atoms with van der Waals surface area (Å²) >= 11 is 0. The van der Waals surface area contributed by atoms with Crippen LogP contribution < -0.4 is 0 Å². The second kappa shape index (κ2) is 4.78. The molecule has 0 atom stereocenters. The fourth-order valence-electron chi connectivity index (χ4n) is 1.65. The van der Waals surface area contributed by atoms with E-state index in [1.165, 1.54) is 16.9 Å². The number of rotatable bonds is 2. The third kappa shape index (κ3) is 2.96. The first-order valence-electron chi connectivity index (χ1n) is 5.27. The molecule has 1 aromatic heterocycles. The third-order valence-corrected chi connectivity index (χ3v) is 3.90. The van der Waals surface area contributed by atoms with Crippen LogP contribution in [-0.4, -0.2) is 18.2 Å². The summed E-state index contributed by atoms with van der Waals surface area (Å²) in [5, 5.41) is 3.96. The lowest BCUT2D eigenvalue weighted by Crippen LogP contribution is -2.12. The summed E-state index contributed by atoms with van der Waals surface area (Å²) in [5.41, 5.74) is -0.611. The molecule has 0 saturated carbocycles. The lowest BCUT2D eigenvalue weighted by molar-refractivity contribution is -0.139. The molecule has 1 heterocycles. The van der Waals surface area contributed by atoms with Crippen LogP contribution in [0.25, 0.3) is 5.69 Å². The van der Waals surface area contributed by atoms with Gasteiger partial charge in [0.25, 0.3) is 9.05 Å². The van der Waals surface area contributed by atoms with E-state index < -0.39 is 25.7 Å². The van der Waals surface area contributed by atoms with E-state index in [1.54, 1.807) is 13.0 Å². The molecule has 2 rings (SSSR count). The zero-order valence-electron chi connectivity index (χ0n) is 10.0. The van der Waals surface area contributed by atoms with E-state index in [1.807, 2.05) is 0 Å². The molecule has 1 aromatic carbocycles. The monoisotopic (exact) mass is 324 g/mol. The number of hydrogen-bond donors (Lipinski definition) is 0. The molecule has 108 valence electrons. The molecule has 0 bridgehead atoms. The van der Waals surface area contributed by atoms with Gasteiger partial charge in [-0.05, 0) is 31.2 Å². The fourth-order valence-corrected chi connectivity index (χ4v) is 2.73. The molecular weight excluding hydrogens is 317 g/mol. The first-order valence-corrected chi connectivity index (χ1v) is 7.58. The van der Waals surface area contributed by atoms with Crippen molar-refractivity contribution < 1.29 is 21.6 Å². The average Bonchev–Trinajstić information content (AvgIpc) is 2.73. The highest BCUT2D eigenvalue weighted by molar-refractivity contribution is 8.13. The number of alkyl halides is 3. The van der Waals surface area contributed by atoms with Gasteiger partial charge in [-0.25, -0.2) is 13.1 Å². The summed E-state index contributed by atoms with van der Waals surface area (Å²) in [6.45, 7) is 1.68. The molecule has 0 saturated heterocycles. The molecule has 0 spiro atoms. The Hall–Kier alpha value is -1.54. The number of benzene rings is 1. The first kappa shape index (κ1) is 14.9. The summed E-state index contributed by atoms with van der Waals surface area (Å²) in [7, 11) is 0.534.